The average Bonchev–Trinajstić information content (AvgIpc) is 3.33. The molecule has 2 aromatic rings. The number of esters is 1. The number of methoxy groups -OCH3 is 1. The first kappa shape index (κ1) is 24.1. The smallest absolute Gasteiger partial charge is 0.373 e. The monoisotopic (exact) mass is 569 g/mol. The van der Waals surface area contributed by atoms with E-state index in [1.807, 2.05) is 22.6 Å². The molecule has 4 amide bonds. The lowest BCUT2D eigenvalue weighted by atomic mass is 10.1. The molecular formula is C21H20IN3O8. The van der Waals surface area contributed by atoms with Crippen LogP contribution in [0.25, 0.3) is 6.08 Å². The van der Waals surface area contributed by atoms with Gasteiger partial charge in [-0.25, -0.2) is 9.59 Å². The number of imide groups is 1. The van der Waals surface area contributed by atoms with Gasteiger partial charge in [-0.15, -0.1) is 0 Å². The molecule has 3 rings (SSSR count). The third-order valence-corrected chi connectivity index (χ3v) is 5.13. The fourth-order valence-corrected chi connectivity index (χ4v) is 3.71. The molecule has 0 aliphatic carbocycles. The molecule has 1 aromatic carbocycles. The molecule has 0 spiro atoms. The number of furan rings is 1. The van der Waals surface area contributed by atoms with Gasteiger partial charge in [0.25, 0.3) is 11.8 Å². The van der Waals surface area contributed by atoms with Crippen LogP contribution in [0, 0.1) is 3.57 Å². The number of nitrogens with one attached hydrogen (secondary N) is 1. The Morgan fingerprint density at radius 2 is 2.00 bits per heavy atom. The number of primary amides is 1. The number of urea groups is 1. The summed E-state index contributed by atoms with van der Waals surface area (Å²) in [6.07, 6.45) is 1.49. The van der Waals surface area contributed by atoms with Crippen LogP contribution >= 0.6 is 22.6 Å². The average molecular weight is 569 g/mol. The molecule has 0 saturated carbocycles. The third-order valence-electron chi connectivity index (χ3n) is 4.33. The van der Waals surface area contributed by atoms with Crippen LogP contribution in [0.3, 0.4) is 0 Å². The van der Waals surface area contributed by atoms with Crippen molar-refractivity contribution < 1.29 is 37.8 Å². The molecule has 1 aliphatic rings. The van der Waals surface area contributed by atoms with Crippen LogP contribution in [0.1, 0.15) is 28.8 Å². The second-order valence-electron chi connectivity index (χ2n) is 6.65. The molecule has 174 valence electrons. The van der Waals surface area contributed by atoms with Gasteiger partial charge < -0.3 is 29.7 Å². The highest BCUT2D eigenvalue weighted by atomic mass is 127. The Morgan fingerprint density at radius 1 is 1.24 bits per heavy atom. The normalized spacial score (nSPS) is 14.4. The Kier molecular flexibility index (Phi) is 7.58. The number of amides is 4. The first-order valence-corrected chi connectivity index (χ1v) is 10.7. The molecule has 1 saturated heterocycles. The van der Waals surface area contributed by atoms with Crippen molar-refractivity contribution in [2.24, 2.45) is 5.73 Å². The van der Waals surface area contributed by atoms with E-state index in [4.69, 9.17) is 19.6 Å². The summed E-state index contributed by atoms with van der Waals surface area (Å²) in [4.78, 5) is 48.7. The maximum Gasteiger partial charge on any atom is 0.373 e. The van der Waals surface area contributed by atoms with E-state index < -0.39 is 23.8 Å². The minimum Gasteiger partial charge on any atom is -0.490 e. The molecular weight excluding hydrogens is 549 g/mol. The van der Waals surface area contributed by atoms with Gasteiger partial charge in [-0.05, 0) is 65.4 Å². The largest absolute Gasteiger partial charge is 0.490 e. The molecule has 33 heavy (non-hydrogen) atoms. The van der Waals surface area contributed by atoms with Gasteiger partial charge >= 0.3 is 12.0 Å². The van der Waals surface area contributed by atoms with E-state index in [2.05, 4.69) is 10.1 Å². The summed E-state index contributed by atoms with van der Waals surface area (Å²) in [6.45, 7) is 1.64. The van der Waals surface area contributed by atoms with E-state index in [0.717, 1.165) is 4.90 Å². The maximum absolute atomic E-state index is 12.8. The number of hydrogen-bond acceptors (Lipinski definition) is 8. The van der Waals surface area contributed by atoms with Crippen molar-refractivity contribution in [3.8, 4) is 11.5 Å². The number of halogens is 1. The lowest BCUT2D eigenvalue weighted by Gasteiger charge is -2.14. The predicted octanol–water partition coefficient (Wildman–Crippen LogP) is 2.03. The highest BCUT2D eigenvalue weighted by Crippen LogP contribution is 2.35. The van der Waals surface area contributed by atoms with Crippen molar-refractivity contribution in [2.75, 3.05) is 20.3 Å². The number of nitrogens with zero attached hydrogens (tertiary/aromatic N) is 1. The zero-order chi connectivity index (χ0) is 24.1. The molecule has 2 heterocycles. The predicted molar refractivity (Wildman–Crippen MR) is 122 cm³/mol. The van der Waals surface area contributed by atoms with Crippen molar-refractivity contribution in [1.29, 1.82) is 0 Å². The lowest BCUT2D eigenvalue weighted by Crippen LogP contribution is -2.30. The summed E-state index contributed by atoms with van der Waals surface area (Å²) >= 11 is 2.00. The van der Waals surface area contributed by atoms with Crippen LogP contribution in [0.15, 0.2) is 34.4 Å². The topological polar surface area (TPSA) is 150 Å². The van der Waals surface area contributed by atoms with E-state index in [9.17, 15) is 19.2 Å². The molecule has 0 radical (unpaired) electrons. The fraction of sp³-hybridized carbons (Fsp3) is 0.238. The highest BCUT2D eigenvalue weighted by Gasteiger charge is 2.34. The van der Waals surface area contributed by atoms with Gasteiger partial charge in [-0.2, -0.15) is 0 Å². The van der Waals surface area contributed by atoms with Crippen LogP contribution in [0.5, 0.6) is 11.5 Å². The summed E-state index contributed by atoms with van der Waals surface area (Å²) in [7, 11) is 1.22. The second kappa shape index (κ2) is 10.4. The Morgan fingerprint density at radius 3 is 2.67 bits per heavy atom. The quantitative estimate of drug-likeness (QED) is 0.202. The molecule has 0 bridgehead atoms. The first-order valence-electron chi connectivity index (χ1n) is 9.62. The SMILES string of the molecule is CCOc1cc(/C=C2\NC(=O)N(Cc3ccc(C(=O)OC)o3)C2=O)cc(I)c1OCC(N)=O. The number of rotatable bonds is 9. The van der Waals surface area contributed by atoms with Gasteiger partial charge in [-0.3, -0.25) is 14.5 Å². The van der Waals surface area contributed by atoms with Crippen LogP contribution in [-0.2, 0) is 20.9 Å². The summed E-state index contributed by atoms with van der Waals surface area (Å²) in [5.41, 5.74) is 5.75. The van der Waals surface area contributed by atoms with Gasteiger partial charge in [0.05, 0.1) is 23.8 Å². The van der Waals surface area contributed by atoms with Gasteiger partial charge in [0.1, 0.15) is 11.5 Å². The number of carbonyl (C=O) groups is 4. The molecule has 3 N–H and O–H groups in total. The summed E-state index contributed by atoms with van der Waals surface area (Å²) in [5.74, 6) is -0.955. The molecule has 1 aromatic heterocycles. The standard InChI is InChI=1S/C21H20IN3O8/c1-3-31-16-8-11(6-13(22)18(16)32-10-17(23)26)7-14-19(27)25(21(29)24-14)9-12-4-5-15(33-12)20(28)30-2/h4-8H,3,9-10H2,1-2H3,(H2,23,26)(H,24,29)/b14-7-. The zero-order valence-electron chi connectivity index (χ0n) is 17.7. The van der Waals surface area contributed by atoms with E-state index in [1.165, 1.54) is 25.3 Å². The van der Waals surface area contributed by atoms with Crippen molar-refractivity contribution in [2.45, 2.75) is 13.5 Å². The molecule has 0 unspecified atom stereocenters. The van der Waals surface area contributed by atoms with Gasteiger partial charge in [0.2, 0.25) is 5.76 Å². The Bertz CT molecular complexity index is 1140. The zero-order valence-corrected chi connectivity index (χ0v) is 19.8. The minimum absolute atomic E-state index is 0.0352. The Labute approximate surface area is 201 Å². The van der Waals surface area contributed by atoms with Crippen LogP contribution < -0.4 is 20.5 Å². The number of carbonyl (C=O) groups excluding carboxylic acids is 4. The number of nitrogens with two attached hydrogens (primary N) is 1. The molecule has 12 heteroatoms. The van der Waals surface area contributed by atoms with E-state index in [-0.39, 0.29) is 30.4 Å². The van der Waals surface area contributed by atoms with Crippen molar-refractivity contribution in [1.82, 2.24) is 10.2 Å². The number of benzene rings is 1. The summed E-state index contributed by atoms with van der Waals surface area (Å²) in [5, 5.41) is 2.52. The van der Waals surface area contributed by atoms with Crippen LogP contribution in [-0.4, -0.2) is 49.0 Å². The number of hydrogen-bond donors (Lipinski definition) is 2. The van der Waals surface area contributed by atoms with Crippen molar-refractivity contribution in [3.63, 3.8) is 0 Å². The van der Waals surface area contributed by atoms with E-state index >= 15 is 0 Å². The lowest BCUT2D eigenvalue weighted by molar-refractivity contribution is -0.123. The third kappa shape index (κ3) is 5.63. The molecule has 1 aliphatic heterocycles. The van der Waals surface area contributed by atoms with Gasteiger partial charge in [-0.1, -0.05) is 0 Å². The van der Waals surface area contributed by atoms with E-state index in [1.54, 1.807) is 19.1 Å². The Balaban J connectivity index is 1.82. The van der Waals surface area contributed by atoms with Gasteiger partial charge in [0, 0.05) is 0 Å². The molecule has 1 fully saturated rings. The summed E-state index contributed by atoms with van der Waals surface area (Å²) < 4.78 is 21.5. The van der Waals surface area contributed by atoms with E-state index in [0.29, 0.717) is 27.2 Å². The van der Waals surface area contributed by atoms with Crippen molar-refractivity contribution in [3.05, 3.63) is 50.6 Å². The first-order chi connectivity index (χ1) is 15.7. The minimum atomic E-state index is -0.665. The van der Waals surface area contributed by atoms with Crippen molar-refractivity contribution >= 4 is 52.5 Å². The summed E-state index contributed by atoms with van der Waals surface area (Å²) in [6, 6.07) is 5.56. The Hall–Kier alpha value is -3.55. The number of ether oxygens (including phenoxy) is 3. The van der Waals surface area contributed by atoms with Gasteiger partial charge in [0.15, 0.2) is 18.1 Å². The van der Waals surface area contributed by atoms with Crippen LogP contribution in [0.4, 0.5) is 4.79 Å². The fourth-order valence-electron chi connectivity index (χ4n) is 2.93. The molecule has 0 atom stereocenters. The maximum atomic E-state index is 12.8. The molecule has 11 nitrogen and oxygen atoms in total. The highest BCUT2D eigenvalue weighted by molar-refractivity contribution is 14.1. The second-order valence-corrected chi connectivity index (χ2v) is 7.82. The van der Waals surface area contributed by atoms with Crippen LogP contribution in [0.2, 0.25) is 0 Å².